The number of carbonyl (C=O) groups excluding carboxylic acids is 1. The molecule has 3 heterocycles. The minimum Gasteiger partial charge on any atom is -0.489 e. The van der Waals surface area contributed by atoms with E-state index in [1.165, 1.54) is 6.07 Å². The third-order valence-corrected chi connectivity index (χ3v) is 5.79. The topological polar surface area (TPSA) is 91.8 Å². The molecule has 0 bridgehead atoms. The minimum atomic E-state index is -0.486. The summed E-state index contributed by atoms with van der Waals surface area (Å²) in [6, 6.07) is 9.03. The molecular formula is C25H23NO5. The van der Waals surface area contributed by atoms with Gasteiger partial charge in [0.15, 0.2) is 11.4 Å². The van der Waals surface area contributed by atoms with Crippen molar-refractivity contribution in [2.24, 2.45) is 0 Å². The third kappa shape index (κ3) is 3.10. The average molecular weight is 417 g/mol. The number of anilines is 1. The van der Waals surface area contributed by atoms with Crippen LogP contribution in [0.1, 0.15) is 59.8 Å². The molecule has 0 saturated carbocycles. The fraction of sp³-hybridized carbons (Fsp3) is 0.280. The Morgan fingerprint density at radius 2 is 1.94 bits per heavy atom. The monoisotopic (exact) mass is 417 g/mol. The Morgan fingerprint density at radius 3 is 2.71 bits per heavy atom. The van der Waals surface area contributed by atoms with Gasteiger partial charge in [-0.3, -0.25) is 4.79 Å². The average Bonchev–Trinajstić information content (AvgIpc) is 2.73. The predicted molar refractivity (Wildman–Crippen MR) is 119 cm³/mol. The Balaban J connectivity index is 1.83. The first-order chi connectivity index (χ1) is 15.0. The highest BCUT2D eigenvalue weighted by atomic mass is 16.5. The summed E-state index contributed by atoms with van der Waals surface area (Å²) in [6.07, 6.45) is 4.86. The molecule has 1 aromatic heterocycles. The molecule has 2 unspecified atom stereocenters. The lowest BCUT2D eigenvalue weighted by Crippen LogP contribution is -2.26. The number of hydrogen-bond donors (Lipinski definition) is 1. The lowest BCUT2D eigenvalue weighted by Gasteiger charge is -2.30. The molecule has 0 amide bonds. The van der Waals surface area contributed by atoms with E-state index in [9.17, 15) is 9.59 Å². The zero-order chi connectivity index (χ0) is 21.7. The molecule has 31 heavy (non-hydrogen) atoms. The number of para-hydroxylation sites is 1. The summed E-state index contributed by atoms with van der Waals surface area (Å²) in [5, 5.41) is 0.658. The second-order valence-corrected chi connectivity index (χ2v) is 8.07. The molecule has 6 nitrogen and oxygen atoms in total. The van der Waals surface area contributed by atoms with Gasteiger partial charge in [-0.2, -0.15) is 0 Å². The molecule has 2 aliphatic rings. The summed E-state index contributed by atoms with van der Waals surface area (Å²) in [5.74, 6) is 0.874. The van der Waals surface area contributed by atoms with Gasteiger partial charge in [-0.05, 0) is 37.1 Å². The Hall–Kier alpha value is -3.54. The van der Waals surface area contributed by atoms with Gasteiger partial charge in [0.05, 0.1) is 10.9 Å². The quantitative estimate of drug-likeness (QED) is 0.485. The Kier molecular flexibility index (Phi) is 4.58. The van der Waals surface area contributed by atoms with Crippen LogP contribution in [0, 0.1) is 0 Å². The van der Waals surface area contributed by atoms with E-state index in [0.717, 1.165) is 17.5 Å². The second-order valence-electron chi connectivity index (χ2n) is 8.07. The van der Waals surface area contributed by atoms with Crippen LogP contribution in [0.4, 0.5) is 5.69 Å². The highest BCUT2D eigenvalue weighted by Gasteiger charge is 2.35. The van der Waals surface area contributed by atoms with Crippen molar-refractivity contribution in [3.63, 3.8) is 0 Å². The predicted octanol–water partition coefficient (Wildman–Crippen LogP) is 4.83. The van der Waals surface area contributed by atoms with Gasteiger partial charge in [-0.1, -0.05) is 31.5 Å². The summed E-state index contributed by atoms with van der Waals surface area (Å²) >= 11 is 0. The zero-order valence-electron chi connectivity index (χ0n) is 17.4. The number of fused-ring (bicyclic) bond motifs is 6. The highest BCUT2D eigenvalue weighted by Crippen LogP contribution is 2.49. The Bertz CT molecular complexity index is 1300. The summed E-state index contributed by atoms with van der Waals surface area (Å²) in [7, 11) is 0. The lowest BCUT2D eigenvalue weighted by molar-refractivity contribution is 0.0870. The standard InChI is InChI=1S/C25H23NO5/c1-3-6-14-12-20(28)31-25-21(14)23-16(24-22(25)18(27)11-13(2)29-24)9-10-19(30-23)15-7-4-5-8-17(15)26/h4-5,7-10,12-13,19H,3,6,11,26H2,1-2H3. The van der Waals surface area contributed by atoms with Gasteiger partial charge >= 0.3 is 5.63 Å². The van der Waals surface area contributed by atoms with Crippen molar-refractivity contribution in [1.29, 1.82) is 0 Å². The van der Waals surface area contributed by atoms with E-state index in [1.54, 1.807) is 0 Å². The maximum atomic E-state index is 13.0. The third-order valence-electron chi connectivity index (χ3n) is 5.79. The first kappa shape index (κ1) is 19.4. The number of Topliss-reactive ketones (excluding diaryl/α,β-unsaturated/α-hetero) is 1. The van der Waals surface area contributed by atoms with E-state index in [-0.39, 0.29) is 23.9 Å². The Labute approximate surface area is 179 Å². The second kappa shape index (κ2) is 7.30. The van der Waals surface area contributed by atoms with Crippen molar-refractivity contribution in [2.75, 3.05) is 5.73 Å². The first-order valence-corrected chi connectivity index (χ1v) is 10.5. The van der Waals surface area contributed by atoms with E-state index >= 15 is 0 Å². The number of ketones is 1. The number of aryl methyl sites for hydroxylation is 1. The molecule has 2 N–H and O–H groups in total. The number of carbonyl (C=O) groups is 1. The normalized spacial score (nSPS) is 19.5. The molecule has 0 fully saturated rings. The van der Waals surface area contributed by atoms with Gasteiger partial charge in [-0.15, -0.1) is 0 Å². The van der Waals surface area contributed by atoms with Gasteiger partial charge in [0.25, 0.3) is 0 Å². The number of nitrogens with two attached hydrogens (primary N) is 1. The van der Waals surface area contributed by atoms with Crippen molar-refractivity contribution in [1.82, 2.24) is 0 Å². The van der Waals surface area contributed by atoms with E-state index in [0.29, 0.717) is 40.1 Å². The smallest absolute Gasteiger partial charge is 0.336 e. The van der Waals surface area contributed by atoms with Crippen LogP contribution in [0.3, 0.4) is 0 Å². The van der Waals surface area contributed by atoms with Crippen molar-refractivity contribution in [2.45, 2.75) is 45.3 Å². The molecule has 0 spiro atoms. The van der Waals surface area contributed by atoms with Crippen LogP contribution in [-0.2, 0) is 6.42 Å². The van der Waals surface area contributed by atoms with Crippen LogP contribution < -0.4 is 20.8 Å². The molecule has 5 rings (SSSR count). The lowest BCUT2D eigenvalue weighted by atomic mass is 9.90. The zero-order valence-corrected chi connectivity index (χ0v) is 17.4. The van der Waals surface area contributed by atoms with E-state index in [4.69, 9.17) is 19.6 Å². The summed E-state index contributed by atoms with van der Waals surface area (Å²) in [4.78, 5) is 25.3. The van der Waals surface area contributed by atoms with E-state index in [2.05, 4.69) is 0 Å². The van der Waals surface area contributed by atoms with Gasteiger partial charge in [0, 0.05) is 23.7 Å². The molecule has 6 heteroatoms. The van der Waals surface area contributed by atoms with Crippen molar-refractivity contribution >= 4 is 28.5 Å². The molecule has 158 valence electrons. The number of benzene rings is 2. The molecule has 2 aliphatic heterocycles. The van der Waals surface area contributed by atoms with E-state index in [1.807, 2.05) is 50.3 Å². The van der Waals surface area contributed by atoms with Crippen LogP contribution in [-0.4, -0.2) is 11.9 Å². The van der Waals surface area contributed by atoms with Crippen molar-refractivity contribution in [3.05, 3.63) is 69.1 Å². The fourth-order valence-corrected chi connectivity index (χ4v) is 4.45. The number of ether oxygens (including phenoxy) is 2. The van der Waals surface area contributed by atoms with Crippen molar-refractivity contribution in [3.8, 4) is 11.5 Å². The summed E-state index contributed by atoms with van der Waals surface area (Å²) in [5.41, 5.74) is 9.24. The summed E-state index contributed by atoms with van der Waals surface area (Å²) < 4.78 is 18.1. The molecular weight excluding hydrogens is 394 g/mol. The maximum absolute atomic E-state index is 13.0. The van der Waals surface area contributed by atoms with Crippen molar-refractivity contribution < 1.29 is 18.7 Å². The van der Waals surface area contributed by atoms with Gasteiger partial charge in [0.1, 0.15) is 29.3 Å². The van der Waals surface area contributed by atoms with Gasteiger partial charge in [-0.25, -0.2) is 4.79 Å². The van der Waals surface area contributed by atoms with Gasteiger partial charge in [0.2, 0.25) is 0 Å². The minimum absolute atomic E-state index is 0.0961. The van der Waals surface area contributed by atoms with E-state index < -0.39 is 11.7 Å². The fourth-order valence-electron chi connectivity index (χ4n) is 4.45. The summed E-state index contributed by atoms with van der Waals surface area (Å²) in [6.45, 7) is 3.89. The van der Waals surface area contributed by atoms with Crippen LogP contribution in [0.15, 0.2) is 45.6 Å². The van der Waals surface area contributed by atoms with Crippen LogP contribution in [0.2, 0.25) is 0 Å². The number of nitrogen functional groups attached to an aromatic ring is 1. The molecule has 2 aromatic carbocycles. The van der Waals surface area contributed by atoms with Gasteiger partial charge < -0.3 is 19.6 Å². The van der Waals surface area contributed by atoms with Crippen LogP contribution in [0.25, 0.3) is 17.0 Å². The van der Waals surface area contributed by atoms with Crippen LogP contribution in [0.5, 0.6) is 11.5 Å². The SMILES string of the molecule is CCCc1cc(=O)oc2c3c(c4c(c12)OC(c1ccccc1N)C=C4)OC(C)CC3=O. The van der Waals surface area contributed by atoms with Crippen LogP contribution >= 0.6 is 0 Å². The maximum Gasteiger partial charge on any atom is 0.336 e. The molecule has 0 aliphatic carbocycles. The number of hydrogen-bond acceptors (Lipinski definition) is 6. The highest BCUT2D eigenvalue weighted by molar-refractivity contribution is 6.13. The largest absolute Gasteiger partial charge is 0.489 e. The first-order valence-electron chi connectivity index (χ1n) is 10.5. The molecule has 2 atom stereocenters. The molecule has 0 saturated heterocycles. The molecule has 3 aromatic rings. The Morgan fingerprint density at radius 1 is 1.13 bits per heavy atom. The number of rotatable bonds is 3. The molecule has 0 radical (unpaired) electrons.